The average Bonchev–Trinajstić information content (AvgIpc) is 2.35. The number of rotatable bonds is 5. The zero-order valence-corrected chi connectivity index (χ0v) is 10.9. The third-order valence-electron chi connectivity index (χ3n) is 2.62. The molecular formula is C14H18N2O2. The van der Waals surface area contributed by atoms with E-state index >= 15 is 0 Å². The molecule has 1 heterocycles. The van der Waals surface area contributed by atoms with Crippen LogP contribution in [0.25, 0.3) is 0 Å². The molecule has 0 amide bonds. The summed E-state index contributed by atoms with van der Waals surface area (Å²) in [6.07, 6.45) is 6.13. The molecule has 1 rings (SSSR count). The van der Waals surface area contributed by atoms with Gasteiger partial charge in [0, 0.05) is 5.69 Å². The number of carboxylic acid groups (broad SMARTS) is 1. The first-order valence-electron chi connectivity index (χ1n) is 5.95. The normalized spacial score (nSPS) is 11.9. The van der Waals surface area contributed by atoms with Gasteiger partial charge in [-0.15, -0.1) is 6.42 Å². The third-order valence-corrected chi connectivity index (χ3v) is 2.62. The van der Waals surface area contributed by atoms with Crippen molar-refractivity contribution in [2.24, 2.45) is 0 Å². The molecule has 1 unspecified atom stereocenters. The van der Waals surface area contributed by atoms with Crippen molar-refractivity contribution in [2.45, 2.75) is 39.2 Å². The minimum atomic E-state index is -0.962. The highest BCUT2D eigenvalue weighted by Crippen LogP contribution is 2.18. The number of hydrogen-bond donors (Lipinski definition) is 2. The fourth-order valence-electron chi connectivity index (χ4n) is 1.49. The van der Waals surface area contributed by atoms with Gasteiger partial charge in [-0.3, -0.25) is 0 Å². The first-order valence-corrected chi connectivity index (χ1v) is 5.95. The highest BCUT2D eigenvalue weighted by molar-refractivity contribution is 5.88. The first-order chi connectivity index (χ1) is 8.47. The van der Waals surface area contributed by atoms with Gasteiger partial charge in [-0.2, -0.15) is 0 Å². The van der Waals surface area contributed by atoms with Crippen molar-refractivity contribution in [1.82, 2.24) is 4.98 Å². The Morgan fingerprint density at radius 1 is 1.56 bits per heavy atom. The van der Waals surface area contributed by atoms with Crippen molar-refractivity contribution in [3.05, 3.63) is 23.4 Å². The zero-order valence-electron chi connectivity index (χ0n) is 10.9. The number of aromatic carboxylic acids is 1. The quantitative estimate of drug-likeness (QED) is 0.784. The summed E-state index contributed by atoms with van der Waals surface area (Å²) >= 11 is 0. The molecule has 0 spiro atoms. The van der Waals surface area contributed by atoms with Gasteiger partial charge in [-0.25, -0.2) is 9.78 Å². The molecule has 4 heteroatoms. The molecule has 0 aromatic carbocycles. The number of pyridine rings is 1. The van der Waals surface area contributed by atoms with Crippen molar-refractivity contribution in [3.8, 4) is 12.3 Å². The Morgan fingerprint density at radius 3 is 2.67 bits per heavy atom. The highest BCUT2D eigenvalue weighted by atomic mass is 16.4. The maximum atomic E-state index is 11.1. The summed E-state index contributed by atoms with van der Waals surface area (Å²) in [5.41, 5.74) is 0.965. The predicted molar refractivity (Wildman–Crippen MR) is 71.8 cm³/mol. The maximum Gasteiger partial charge on any atom is 0.335 e. The van der Waals surface area contributed by atoms with Gasteiger partial charge < -0.3 is 10.4 Å². The van der Waals surface area contributed by atoms with Gasteiger partial charge in [0.15, 0.2) is 0 Å². The Labute approximate surface area is 107 Å². The van der Waals surface area contributed by atoms with Crippen LogP contribution in [0.15, 0.2) is 12.1 Å². The molecule has 18 heavy (non-hydrogen) atoms. The molecule has 1 aromatic rings. The van der Waals surface area contributed by atoms with E-state index in [0.29, 0.717) is 5.82 Å². The Bertz CT molecular complexity index is 475. The number of nitrogens with zero attached hydrogens (tertiary/aromatic N) is 1. The van der Waals surface area contributed by atoms with Crippen LogP contribution in [0.2, 0.25) is 0 Å². The van der Waals surface area contributed by atoms with Gasteiger partial charge in [0.1, 0.15) is 5.82 Å². The van der Waals surface area contributed by atoms with Crippen LogP contribution in [-0.2, 0) is 0 Å². The molecule has 4 nitrogen and oxygen atoms in total. The van der Waals surface area contributed by atoms with Gasteiger partial charge in [-0.05, 0) is 24.5 Å². The minimum absolute atomic E-state index is 0.137. The van der Waals surface area contributed by atoms with Gasteiger partial charge in [-0.1, -0.05) is 26.7 Å². The van der Waals surface area contributed by atoms with E-state index in [2.05, 4.69) is 16.2 Å². The van der Waals surface area contributed by atoms with Crippen molar-refractivity contribution in [1.29, 1.82) is 0 Å². The molecule has 1 atom stereocenters. The first kappa shape index (κ1) is 14.0. The van der Waals surface area contributed by atoms with E-state index < -0.39 is 5.97 Å². The van der Waals surface area contributed by atoms with Crippen LogP contribution in [0.1, 0.15) is 49.2 Å². The number of carboxylic acids is 1. The molecule has 96 valence electrons. The predicted octanol–water partition coefficient (Wildman–Crippen LogP) is 2.73. The molecule has 0 saturated heterocycles. The monoisotopic (exact) mass is 246 g/mol. The topological polar surface area (TPSA) is 62.2 Å². The van der Waals surface area contributed by atoms with Crippen molar-refractivity contribution >= 4 is 11.8 Å². The zero-order chi connectivity index (χ0) is 13.7. The van der Waals surface area contributed by atoms with Crippen LogP contribution in [0.4, 0.5) is 5.82 Å². The summed E-state index contributed by atoms with van der Waals surface area (Å²) in [5.74, 6) is 2.32. The average molecular weight is 246 g/mol. The summed E-state index contributed by atoms with van der Waals surface area (Å²) in [5, 5.41) is 12.1. The summed E-state index contributed by atoms with van der Waals surface area (Å²) in [4.78, 5) is 15.4. The lowest BCUT2D eigenvalue weighted by molar-refractivity contribution is 0.0696. The van der Waals surface area contributed by atoms with E-state index in [4.69, 9.17) is 11.5 Å². The standard InChI is InChI=1S/C14H18N2O2/c1-5-11(6-2)15-13-8-10(14(17)18)7-12(16-13)9(3)4/h1,7-9,11H,6H2,2-4H3,(H,15,16)(H,17,18). The van der Waals surface area contributed by atoms with Crippen molar-refractivity contribution < 1.29 is 9.90 Å². The molecule has 0 bridgehead atoms. The molecular weight excluding hydrogens is 228 g/mol. The van der Waals surface area contributed by atoms with E-state index in [1.165, 1.54) is 6.07 Å². The second kappa shape index (κ2) is 6.06. The minimum Gasteiger partial charge on any atom is -0.478 e. The SMILES string of the molecule is C#CC(CC)Nc1cc(C(=O)O)cc(C(C)C)n1. The van der Waals surface area contributed by atoms with E-state index in [-0.39, 0.29) is 17.5 Å². The van der Waals surface area contributed by atoms with Gasteiger partial charge in [0.2, 0.25) is 0 Å². The molecule has 0 aliphatic heterocycles. The number of carbonyl (C=O) groups is 1. The maximum absolute atomic E-state index is 11.1. The van der Waals surface area contributed by atoms with Crippen molar-refractivity contribution in [3.63, 3.8) is 0 Å². The summed E-state index contributed by atoms with van der Waals surface area (Å²) in [6, 6.07) is 2.96. The lowest BCUT2D eigenvalue weighted by Crippen LogP contribution is -2.17. The Hall–Kier alpha value is -2.02. The Balaban J connectivity index is 3.11. The largest absolute Gasteiger partial charge is 0.478 e. The number of anilines is 1. The van der Waals surface area contributed by atoms with Gasteiger partial charge in [0.25, 0.3) is 0 Å². The van der Waals surface area contributed by atoms with Crippen LogP contribution in [0.5, 0.6) is 0 Å². The molecule has 0 aliphatic carbocycles. The number of hydrogen-bond acceptors (Lipinski definition) is 3. The summed E-state index contributed by atoms with van der Waals surface area (Å²) in [7, 11) is 0. The molecule has 0 fully saturated rings. The number of aromatic nitrogens is 1. The second-order valence-corrected chi connectivity index (χ2v) is 4.40. The fraction of sp³-hybridized carbons (Fsp3) is 0.429. The highest BCUT2D eigenvalue weighted by Gasteiger charge is 2.12. The summed E-state index contributed by atoms with van der Waals surface area (Å²) in [6.45, 7) is 5.90. The number of terminal acetylenes is 1. The molecule has 1 aromatic heterocycles. The van der Waals surface area contributed by atoms with E-state index in [0.717, 1.165) is 12.1 Å². The molecule has 0 saturated carbocycles. The molecule has 0 aliphatic rings. The van der Waals surface area contributed by atoms with Crippen molar-refractivity contribution in [2.75, 3.05) is 5.32 Å². The lowest BCUT2D eigenvalue weighted by Gasteiger charge is -2.14. The fourth-order valence-corrected chi connectivity index (χ4v) is 1.49. The van der Waals surface area contributed by atoms with E-state index in [1.807, 2.05) is 20.8 Å². The Kier molecular flexibility index (Phi) is 4.73. The van der Waals surface area contributed by atoms with Crippen LogP contribution in [-0.4, -0.2) is 22.1 Å². The summed E-state index contributed by atoms with van der Waals surface area (Å²) < 4.78 is 0. The Morgan fingerprint density at radius 2 is 2.22 bits per heavy atom. The smallest absolute Gasteiger partial charge is 0.335 e. The van der Waals surface area contributed by atoms with E-state index in [1.54, 1.807) is 6.07 Å². The van der Waals surface area contributed by atoms with Crippen LogP contribution < -0.4 is 5.32 Å². The molecule has 0 radical (unpaired) electrons. The van der Waals surface area contributed by atoms with Gasteiger partial charge >= 0.3 is 5.97 Å². The van der Waals surface area contributed by atoms with E-state index in [9.17, 15) is 4.79 Å². The van der Waals surface area contributed by atoms with Gasteiger partial charge in [0.05, 0.1) is 11.6 Å². The third kappa shape index (κ3) is 3.49. The van der Waals surface area contributed by atoms with Crippen LogP contribution in [0, 0.1) is 12.3 Å². The second-order valence-electron chi connectivity index (χ2n) is 4.40. The van der Waals surface area contributed by atoms with Crippen LogP contribution >= 0.6 is 0 Å². The number of nitrogens with one attached hydrogen (secondary N) is 1. The lowest BCUT2D eigenvalue weighted by atomic mass is 10.1. The van der Waals surface area contributed by atoms with Crippen LogP contribution in [0.3, 0.4) is 0 Å². The molecule has 2 N–H and O–H groups in total.